The SMILES string of the molecule is CCCC1CCN(C(=O)C(F)(F)C(F)F)CC1. The van der Waals surface area contributed by atoms with Gasteiger partial charge in [-0.25, -0.2) is 8.78 Å². The summed E-state index contributed by atoms with van der Waals surface area (Å²) < 4.78 is 49.7. The van der Waals surface area contributed by atoms with Crippen molar-refractivity contribution in [2.75, 3.05) is 13.1 Å². The van der Waals surface area contributed by atoms with Crippen molar-refractivity contribution in [2.24, 2.45) is 5.92 Å². The molecule has 17 heavy (non-hydrogen) atoms. The Kier molecular flexibility index (Phi) is 4.77. The van der Waals surface area contributed by atoms with Gasteiger partial charge in [0.1, 0.15) is 0 Å². The van der Waals surface area contributed by atoms with E-state index < -0.39 is 18.3 Å². The highest BCUT2D eigenvalue weighted by atomic mass is 19.3. The highest BCUT2D eigenvalue weighted by molar-refractivity contribution is 5.84. The van der Waals surface area contributed by atoms with Crippen molar-refractivity contribution in [1.82, 2.24) is 4.90 Å². The number of alkyl halides is 4. The van der Waals surface area contributed by atoms with Crippen LogP contribution in [0.3, 0.4) is 0 Å². The topological polar surface area (TPSA) is 20.3 Å². The number of likely N-dealkylation sites (tertiary alicyclic amines) is 1. The molecular weight excluding hydrogens is 238 g/mol. The standard InChI is InChI=1S/C11H17F4NO/c1-2-3-8-4-6-16(7-5-8)10(17)11(14,15)9(12)13/h8-9H,2-7H2,1H3. The quantitative estimate of drug-likeness (QED) is 0.707. The first kappa shape index (κ1) is 14.3. The lowest BCUT2D eigenvalue weighted by atomic mass is 9.92. The fourth-order valence-electron chi connectivity index (χ4n) is 2.14. The summed E-state index contributed by atoms with van der Waals surface area (Å²) in [4.78, 5) is 12.1. The van der Waals surface area contributed by atoms with Gasteiger partial charge < -0.3 is 4.90 Å². The fraction of sp³-hybridized carbons (Fsp3) is 0.909. The second-order valence-corrected chi connectivity index (χ2v) is 4.45. The molecule has 0 atom stereocenters. The summed E-state index contributed by atoms with van der Waals surface area (Å²) in [6.07, 6.45) is -0.681. The molecule has 1 aliphatic heterocycles. The van der Waals surface area contributed by atoms with Crippen LogP contribution in [0.4, 0.5) is 17.6 Å². The van der Waals surface area contributed by atoms with E-state index in [9.17, 15) is 22.4 Å². The van der Waals surface area contributed by atoms with Crippen LogP contribution >= 0.6 is 0 Å². The first-order chi connectivity index (χ1) is 7.89. The van der Waals surface area contributed by atoms with Gasteiger partial charge in [-0.1, -0.05) is 19.8 Å². The van der Waals surface area contributed by atoms with Crippen LogP contribution in [-0.4, -0.2) is 36.2 Å². The van der Waals surface area contributed by atoms with E-state index >= 15 is 0 Å². The average molecular weight is 255 g/mol. The van der Waals surface area contributed by atoms with E-state index in [0.29, 0.717) is 18.8 Å². The molecule has 0 aromatic carbocycles. The minimum absolute atomic E-state index is 0.159. The third-order valence-corrected chi connectivity index (χ3v) is 3.16. The van der Waals surface area contributed by atoms with Crippen LogP contribution in [-0.2, 0) is 4.79 Å². The van der Waals surface area contributed by atoms with Crippen molar-refractivity contribution in [3.05, 3.63) is 0 Å². The first-order valence-corrected chi connectivity index (χ1v) is 5.85. The van der Waals surface area contributed by atoms with Gasteiger partial charge in [0.15, 0.2) is 0 Å². The normalized spacial score (nSPS) is 18.8. The molecular formula is C11H17F4NO. The Balaban J connectivity index is 2.51. The summed E-state index contributed by atoms with van der Waals surface area (Å²) in [5.74, 6) is -5.86. The summed E-state index contributed by atoms with van der Waals surface area (Å²) in [6, 6.07) is 0. The number of hydrogen-bond acceptors (Lipinski definition) is 1. The summed E-state index contributed by atoms with van der Waals surface area (Å²) >= 11 is 0. The Bertz CT molecular complexity index is 262. The number of carbonyl (C=O) groups is 1. The lowest BCUT2D eigenvalue weighted by Crippen LogP contribution is -2.50. The first-order valence-electron chi connectivity index (χ1n) is 5.85. The zero-order valence-electron chi connectivity index (χ0n) is 9.76. The zero-order chi connectivity index (χ0) is 13.1. The molecule has 0 radical (unpaired) electrons. The molecule has 1 fully saturated rings. The van der Waals surface area contributed by atoms with Crippen LogP contribution in [0.15, 0.2) is 0 Å². The van der Waals surface area contributed by atoms with Crippen molar-refractivity contribution < 1.29 is 22.4 Å². The molecule has 0 spiro atoms. The van der Waals surface area contributed by atoms with Gasteiger partial charge >= 0.3 is 12.3 Å². The second-order valence-electron chi connectivity index (χ2n) is 4.45. The molecule has 0 aromatic heterocycles. The van der Waals surface area contributed by atoms with Gasteiger partial charge in [0.25, 0.3) is 5.91 Å². The Morgan fingerprint density at radius 1 is 1.35 bits per heavy atom. The van der Waals surface area contributed by atoms with Crippen LogP contribution in [0, 0.1) is 5.92 Å². The molecule has 0 saturated carbocycles. The minimum atomic E-state index is -4.54. The molecule has 1 rings (SSSR count). The molecule has 2 nitrogen and oxygen atoms in total. The van der Waals surface area contributed by atoms with Gasteiger partial charge in [-0.05, 0) is 18.8 Å². The van der Waals surface area contributed by atoms with E-state index in [0.717, 1.165) is 17.7 Å². The Morgan fingerprint density at radius 2 is 1.88 bits per heavy atom. The van der Waals surface area contributed by atoms with Crippen molar-refractivity contribution in [3.63, 3.8) is 0 Å². The largest absolute Gasteiger partial charge is 0.383 e. The molecule has 1 saturated heterocycles. The van der Waals surface area contributed by atoms with Crippen molar-refractivity contribution in [1.29, 1.82) is 0 Å². The van der Waals surface area contributed by atoms with Gasteiger partial charge in [0.05, 0.1) is 0 Å². The monoisotopic (exact) mass is 255 g/mol. The third kappa shape index (κ3) is 3.33. The Morgan fingerprint density at radius 3 is 2.29 bits per heavy atom. The van der Waals surface area contributed by atoms with E-state index in [1.165, 1.54) is 0 Å². The van der Waals surface area contributed by atoms with Gasteiger partial charge in [0.2, 0.25) is 0 Å². The van der Waals surface area contributed by atoms with Crippen LogP contribution in [0.1, 0.15) is 32.6 Å². The predicted molar refractivity (Wildman–Crippen MR) is 55.2 cm³/mol. The van der Waals surface area contributed by atoms with Crippen molar-refractivity contribution >= 4 is 5.91 Å². The lowest BCUT2D eigenvalue weighted by molar-refractivity contribution is -0.181. The third-order valence-electron chi connectivity index (χ3n) is 3.16. The predicted octanol–water partition coefficient (Wildman–Crippen LogP) is 2.93. The van der Waals surface area contributed by atoms with E-state index in [1.54, 1.807) is 0 Å². The number of amides is 1. The van der Waals surface area contributed by atoms with Crippen molar-refractivity contribution in [3.8, 4) is 0 Å². The van der Waals surface area contributed by atoms with Gasteiger partial charge in [0, 0.05) is 13.1 Å². The number of rotatable bonds is 4. The van der Waals surface area contributed by atoms with E-state index in [2.05, 4.69) is 0 Å². The molecule has 100 valence electrons. The molecule has 0 bridgehead atoms. The van der Waals surface area contributed by atoms with E-state index in [4.69, 9.17) is 0 Å². The molecule has 1 aliphatic rings. The molecule has 0 unspecified atom stereocenters. The number of halogens is 4. The molecule has 0 aromatic rings. The van der Waals surface area contributed by atoms with Gasteiger partial charge in [-0.2, -0.15) is 8.78 Å². The molecule has 0 N–H and O–H groups in total. The summed E-state index contributed by atoms with van der Waals surface area (Å²) in [6.45, 7) is 2.35. The smallest absolute Gasteiger partial charge is 0.337 e. The number of piperidine rings is 1. The summed E-state index contributed by atoms with van der Waals surface area (Å²) in [5, 5.41) is 0. The lowest BCUT2D eigenvalue weighted by Gasteiger charge is -2.33. The van der Waals surface area contributed by atoms with Gasteiger partial charge in [-0.15, -0.1) is 0 Å². The molecule has 6 heteroatoms. The maximum absolute atomic E-state index is 12.8. The van der Waals surface area contributed by atoms with Crippen molar-refractivity contribution in [2.45, 2.75) is 45.0 Å². The van der Waals surface area contributed by atoms with Crippen LogP contribution in [0.2, 0.25) is 0 Å². The summed E-state index contributed by atoms with van der Waals surface area (Å²) in [5.41, 5.74) is 0. The number of nitrogens with zero attached hydrogens (tertiary/aromatic N) is 1. The average Bonchev–Trinajstić information content (AvgIpc) is 2.29. The molecule has 0 aliphatic carbocycles. The second kappa shape index (κ2) is 5.69. The van der Waals surface area contributed by atoms with E-state index in [-0.39, 0.29) is 13.1 Å². The highest BCUT2D eigenvalue weighted by Crippen LogP contribution is 2.29. The molecule has 1 amide bonds. The highest BCUT2D eigenvalue weighted by Gasteiger charge is 2.51. The zero-order valence-corrected chi connectivity index (χ0v) is 9.76. The Hall–Kier alpha value is -0.810. The minimum Gasteiger partial charge on any atom is -0.337 e. The Labute approximate surface area is 98.0 Å². The number of hydrogen-bond donors (Lipinski definition) is 0. The molecule has 1 heterocycles. The van der Waals surface area contributed by atoms with Crippen LogP contribution < -0.4 is 0 Å². The fourth-order valence-corrected chi connectivity index (χ4v) is 2.14. The number of carbonyl (C=O) groups excluding carboxylic acids is 1. The van der Waals surface area contributed by atoms with Crippen LogP contribution in [0.5, 0.6) is 0 Å². The maximum atomic E-state index is 12.8. The van der Waals surface area contributed by atoms with Crippen LogP contribution in [0.25, 0.3) is 0 Å². The maximum Gasteiger partial charge on any atom is 0.383 e. The van der Waals surface area contributed by atoms with E-state index in [1.807, 2.05) is 6.92 Å². The summed E-state index contributed by atoms with van der Waals surface area (Å²) in [7, 11) is 0. The van der Waals surface area contributed by atoms with Gasteiger partial charge in [-0.3, -0.25) is 4.79 Å².